The topological polar surface area (TPSA) is 47.3 Å². The SMILES string of the molecule is COc1ccc(CCCNN)cc1.Cl.Cl. The van der Waals surface area contributed by atoms with E-state index in [0.717, 1.165) is 25.1 Å². The van der Waals surface area contributed by atoms with Gasteiger partial charge in [0.05, 0.1) is 7.11 Å². The third-order valence-corrected chi connectivity index (χ3v) is 1.95. The lowest BCUT2D eigenvalue weighted by Gasteiger charge is -2.02. The highest BCUT2D eigenvalue weighted by atomic mass is 35.5. The van der Waals surface area contributed by atoms with Crippen molar-refractivity contribution in [3.05, 3.63) is 29.8 Å². The van der Waals surface area contributed by atoms with Gasteiger partial charge in [0.1, 0.15) is 5.75 Å². The van der Waals surface area contributed by atoms with Gasteiger partial charge in [-0.15, -0.1) is 24.8 Å². The van der Waals surface area contributed by atoms with Gasteiger partial charge in [0.15, 0.2) is 0 Å². The first-order valence-corrected chi connectivity index (χ1v) is 4.43. The second-order valence-electron chi connectivity index (χ2n) is 2.91. The average Bonchev–Trinajstić information content (AvgIpc) is 2.19. The number of methoxy groups -OCH3 is 1. The summed E-state index contributed by atoms with van der Waals surface area (Å²) in [6.45, 7) is 0.853. The minimum absolute atomic E-state index is 0. The number of benzene rings is 1. The second kappa shape index (κ2) is 10.1. The third-order valence-electron chi connectivity index (χ3n) is 1.95. The number of hydrogen-bond donors (Lipinski definition) is 2. The van der Waals surface area contributed by atoms with E-state index in [1.807, 2.05) is 12.1 Å². The number of aryl methyl sites for hydroxylation is 1. The van der Waals surface area contributed by atoms with Crippen LogP contribution in [0.5, 0.6) is 5.75 Å². The Morgan fingerprint density at radius 3 is 2.27 bits per heavy atom. The van der Waals surface area contributed by atoms with Crippen LogP contribution in [0.4, 0.5) is 0 Å². The number of nitrogens with two attached hydrogens (primary N) is 1. The summed E-state index contributed by atoms with van der Waals surface area (Å²) in [6.07, 6.45) is 2.11. The molecule has 0 spiro atoms. The highest BCUT2D eigenvalue weighted by Gasteiger charge is 1.93. The van der Waals surface area contributed by atoms with Crippen LogP contribution in [0.1, 0.15) is 12.0 Å². The zero-order chi connectivity index (χ0) is 9.52. The Kier molecular flexibility index (Phi) is 11.3. The molecule has 1 aromatic rings. The van der Waals surface area contributed by atoms with Gasteiger partial charge in [0.25, 0.3) is 0 Å². The monoisotopic (exact) mass is 252 g/mol. The molecule has 0 aliphatic carbocycles. The van der Waals surface area contributed by atoms with E-state index in [1.165, 1.54) is 5.56 Å². The number of hydrazine groups is 1. The van der Waals surface area contributed by atoms with Crippen LogP contribution in [0.2, 0.25) is 0 Å². The van der Waals surface area contributed by atoms with Gasteiger partial charge in [0.2, 0.25) is 0 Å². The van der Waals surface area contributed by atoms with Crippen LogP contribution in [0, 0.1) is 0 Å². The standard InChI is InChI=1S/C10H16N2O.2ClH/c1-13-10-6-4-9(5-7-10)3-2-8-12-11;;/h4-7,12H,2-3,8,11H2,1H3;2*1H. The zero-order valence-electron chi connectivity index (χ0n) is 8.73. The maximum Gasteiger partial charge on any atom is 0.118 e. The average molecular weight is 253 g/mol. The summed E-state index contributed by atoms with van der Waals surface area (Å²) in [5.41, 5.74) is 3.95. The van der Waals surface area contributed by atoms with Crippen LogP contribution in [-0.2, 0) is 6.42 Å². The van der Waals surface area contributed by atoms with Crippen molar-refractivity contribution in [2.75, 3.05) is 13.7 Å². The fourth-order valence-corrected chi connectivity index (χ4v) is 1.19. The Hall–Kier alpha value is -0.480. The van der Waals surface area contributed by atoms with Gasteiger partial charge in [-0.3, -0.25) is 11.3 Å². The minimum atomic E-state index is 0. The minimum Gasteiger partial charge on any atom is -0.497 e. The first kappa shape index (κ1) is 16.9. The number of nitrogens with one attached hydrogen (secondary N) is 1. The molecule has 5 heteroatoms. The smallest absolute Gasteiger partial charge is 0.118 e. The van der Waals surface area contributed by atoms with E-state index in [4.69, 9.17) is 10.6 Å². The highest BCUT2D eigenvalue weighted by molar-refractivity contribution is 5.85. The molecule has 0 radical (unpaired) electrons. The molecule has 0 heterocycles. The van der Waals surface area contributed by atoms with Crippen molar-refractivity contribution in [1.82, 2.24) is 5.43 Å². The number of ether oxygens (including phenoxy) is 1. The molecule has 3 N–H and O–H groups in total. The Morgan fingerprint density at radius 2 is 1.80 bits per heavy atom. The van der Waals surface area contributed by atoms with E-state index in [1.54, 1.807) is 7.11 Å². The maximum atomic E-state index is 5.17. The summed E-state index contributed by atoms with van der Waals surface area (Å²) in [5, 5.41) is 0. The molecule has 0 bridgehead atoms. The molecule has 3 nitrogen and oxygen atoms in total. The number of rotatable bonds is 5. The number of halogens is 2. The van der Waals surface area contributed by atoms with Crippen LogP contribution in [0.15, 0.2) is 24.3 Å². The fourth-order valence-electron chi connectivity index (χ4n) is 1.19. The van der Waals surface area contributed by atoms with Gasteiger partial charge in [-0.25, -0.2) is 0 Å². The van der Waals surface area contributed by atoms with Crippen molar-refractivity contribution >= 4 is 24.8 Å². The largest absolute Gasteiger partial charge is 0.497 e. The first-order chi connectivity index (χ1) is 6.36. The van der Waals surface area contributed by atoms with Crippen LogP contribution >= 0.6 is 24.8 Å². The van der Waals surface area contributed by atoms with Crippen molar-refractivity contribution in [1.29, 1.82) is 0 Å². The molecule has 1 aromatic carbocycles. The van der Waals surface area contributed by atoms with Crippen molar-refractivity contribution in [3.63, 3.8) is 0 Å². The van der Waals surface area contributed by atoms with Gasteiger partial charge in [0, 0.05) is 6.54 Å². The van der Waals surface area contributed by atoms with Gasteiger partial charge in [-0.05, 0) is 30.5 Å². The third kappa shape index (κ3) is 6.57. The van der Waals surface area contributed by atoms with Gasteiger partial charge in [-0.1, -0.05) is 12.1 Å². The maximum absolute atomic E-state index is 5.17. The molecule has 88 valence electrons. The predicted octanol–water partition coefficient (Wildman–Crippen LogP) is 1.93. The Balaban J connectivity index is 0. The zero-order valence-corrected chi connectivity index (χ0v) is 10.4. The van der Waals surface area contributed by atoms with Crippen molar-refractivity contribution in [2.24, 2.45) is 5.84 Å². The summed E-state index contributed by atoms with van der Waals surface area (Å²) in [5.74, 6) is 6.07. The Bertz CT molecular complexity index is 242. The molecule has 0 atom stereocenters. The molecule has 1 rings (SSSR count). The summed E-state index contributed by atoms with van der Waals surface area (Å²) < 4.78 is 5.06. The lowest BCUT2D eigenvalue weighted by molar-refractivity contribution is 0.414. The van der Waals surface area contributed by atoms with E-state index in [-0.39, 0.29) is 24.8 Å². The summed E-state index contributed by atoms with van der Waals surface area (Å²) in [4.78, 5) is 0. The first-order valence-electron chi connectivity index (χ1n) is 4.43. The molecule has 15 heavy (non-hydrogen) atoms. The molecule has 0 fully saturated rings. The van der Waals surface area contributed by atoms with Crippen molar-refractivity contribution < 1.29 is 4.74 Å². The van der Waals surface area contributed by atoms with Crippen LogP contribution in [-0.4, -0.2) is 13.7 Å². The molecule has 0 aliphatic rings. The molecule has 0 saturated heterocycles. The summed E-state index contributed by atoms with van der Waals surface area (Å²) in [7, 11) is 1.67. The quantitative estimate of drug-likeness (QED) is 0.479. The fraction of sp³-hybridized carbons (Fsp3) is 0.400. The summed E-state index contributed by atoms with van der Waals surface area (Å²) in [6, 6.07) is 8.11. The van der Waals surface area contributed by atoms with E-state index in [0.29, 0.717) is 0 Å². The van der Waals surface area contributed by atoms with Gasteiger partial charge >= 0.3 is 0 Å². The lowest BCUT2D eigenvalue weighted by Crippen LogP contribution is -2.23. The van der Waals surface area contributed by atoms with E-state index >= 15 is 0 Å². The van der Waals surface area contributed by atoms with Crippen molar-refractivity contribution in [3.8, 4) is 5.75 Å². The van der Waals surface area contributed by atoms with Crippen LogP contribution < -0.4 is 16.0 Å². The molecule has 0 saturated carbocycles. The lowest BCUT2D eigenvalue weighted by atomic mass is 10.1. The Morgan fingerprint density at radius 1 is 1.20 bits per heavy atom. The van der Waals surface area contributed by atoms with E-state index in [9.17, 15) is 0 Å². The summed E-state index contributed by atoms with van der Waals surface area (Å²) >= 11 is 0. The highest BCUT2D eigenvalue weighted by Crippen LogP contribution is 2.12. The Labute approximate surface area is 103 Å². The van der Waals surface area contributed by atoms with E-state index in [2.05, 4.69) is 17.6 Å². The molecular formula is C10H18Cl2N2O. The van der Waals surface area contributed by atoms with Gasteiger partial charge in [-0.2, -0.15) is 0 Å². The van der Waals surface area contributed by atoms with Crippen LogP contribution in [0.3, 0.4) is 0 Å². The molecule has 0 unspecified atom stereocenters. The molecule has 0 aromatic heterocycles. The number of hydrogen-bond acceptors (Lipinski definition) is 3. The van der Waals surface area contributed by atoms with Crippen LogP contribution in [0.25, 0.3) is 0 Å². The molecule has 0 aliphatic heterocycles. The molecular weight excluding hydrogens is 235 g/mol. The predicted molar refractivity (Wildman–Crippen MR) is 68.0 cm³/mol. The normalized spacial score (nSPS) is 8.67. The van der Waals surface area contributed by atoms with Gasteiger partial charge < -0.3 is 4.74 Å². The second-order valence-corrected chi connectivity index (χ2v) is 2.91. The van der Waals surface area contributed by atoms with Crippen molar-refractivity contribution in [2.45, 2.75) is 12.8 Å². The van der Waals surface area contributed by atoms with E-state index < -0.39 is 0 Å². The molecule has 0 amide bonds.